The van der Waals surface area contributed by atoms with Gasteiger partial charge < -0.3 is 10.1 Å². The van der Waals surface area contributed by atoms with Gasteiger partial charge in [-0.3, -0.25) is 9.10 Å². The molecule has 0 aliphatic carbocycles. The van der Waals surface area contributed by atoms with Crippen molar-refractivity contribution in [1.82, 2.24) is 5.32 Å². The van der Waals surface area contributed by atoms with E-state index in [4.69, 9.17) is 4.74 Å². The molecule has 0 saturated heterocycles. The van der Waals surface area contributed by atoms with Crippen molar-refractivity contribution in [3.63, 3.8) is 0 Å². The van der Waals surface area contributed by atoms with E-state index in [0.29, 0.717) is 11.4 Å². The van der Waals surface area contributed by atoms with Crippen molar-refractivity contribution in [3.8, 4) is 5.75 Å². The molecule has 1 amide bonds. The molecule has 2 unspecified atom stereocenters. The van der Waals surface area contributed by atoms with Crippen molar-refractivity contribution in [3.05, 3.63) is 24.3 Å². The summed E-state index contributed by atoms with van der Waals surface area (Å²) in [5.74, 6) is 0.296. The predicted molar refractivity (Wildman–Crippen MR) is 87.7 cm³/mol. The lowest BCUT2D eigenvalue weighted by atomic mass is 10.2. The quantitative estimate of drug-likeness (QED) is 0.827. The molecule has 1 rings (SSSR count). The third-order valence-corrected chi connectivity index (χ3v) is 4.66. The Labute approximate surface area is 132 Å². The van der Waals surface area contributed by atoms with Crippen molar-refractivity contribution >= 4 is 21.6 Å². The molecule has 124 valence electrons. The molecule has 0 heterocycles. The molecule has 1 aromatic rings. The molecule has 0 aromatic heterocycles. The molecule has 0 aliphatic heterocycles. The Hall–Kier alpha value is -1.76. The van der Waals surface area contributed by atoms with Crippen molar-refractivity contribution in [2.75, 3.05) is 17.7 Å². The zero-order valence-corrected chi connectivity index (χ0v) is 14.5. The third-order valence-electron chi connectivity index (χ3n) is 3.42. The van der Waals surface area contributed by atoms with Gasteiger partial charge in [0, 0.05) is 6.04 Å². The molecule has 0 fully saturated rings. The predicted octanol–water partition coefficient (Wildman–Crippen LogP) is 1.76. The summed E-state index contributed by atoms with van der Waals surface area (Å²) in [5, 5.41) is 2.80. The number of nitrogens with zero attached hydrogens (tertiary/aromatic N) is 1. The van der Waals surface area contributed by atoms with Crippen LogP contribution in [-0.4, -0.2) is 39.8 Å². The maximum Gasteiger partial charge on any atom is 0.243 e. The molecule has 0 radical (unpaired) electrons. The first-order valence-corrected chi connectivity index (χ1v) is 8.99. The van der Waals surface area contributed by atoms with Gasteiger partial charge in [-0.25, -0.2) is 8.42 Å². The van der Waals surface area contributed by atoms with Gasteiger partial charge in [0.25, 0.3) is 0 Å². The maximum absolute atomic E-state index is 12.3. The lowest BCUT2D eigenvalue weighted by Crippen LogP contribution is -2.49. The van der Waals surface area contributed by atoms with Crippen molar-refractivity contribution in [2.45, 2.75) is 39.3 Å². The van der Waals surface area contributed by atoms with E-state index in [0.717, 1.165) is 17.0 Å². The van der Waals surface area contributed by atoms with Gasteiger partial charge in [-0.15, -0.1) is 0 Å². The summed E-state index contributed by atoms with van der Waals surface area (Å²) < 4.78 is 30.4. The van der Waals surface area contributed by atoms with E-state index < -0.39 is 16.1 Å². The third kappa shape index (κ3) is 4.62. The summed E-state index contributed by atoms with van der Waals surface area (Å²) in [4.78, 5) is 12.3. The molecule has 0 saturated carbocycles. The average molecular weight is 328 g/mol. The van der Waals surface area contributed by atoms with Crippen LogP contribution in [0.15, 0.2) is 24.3 Å². The van der Waals surface area contributed by atoms with Gasteiger partial charge in [-0.05, 0) is 44.5 Å². The zero-order chi connectivity index (χ0) is 16.9. The zero-order valence-electron chi connectivity index (χ0n) is 13.7. The van der Waals surface area contributed by atoms with E-state index in [1.807, 2.05) is 13.8 Å². The van der Waals surface area contributed by atoms with Gasteiger partial charge in [-0.2, -0.15) is 0 Å². The van der Waals surface area contributed by atoms with E-state index in [1.165, 1.54) is 7.11 Å². The van der Waals surface area contributed by atoms with E-state index >= 15 is 0 Å². The Kier molecular flexibility index (Phi) is 6.22. The van der Waals surface area contributed by atoms with Crippen LogP contribution in [0.2, 0.25) is 0 Å². The van der Waals surface area contributed by atoms with Crippen LogP contribution in [0.3, 0.4) is 0 Å². The minimum Gasteiger partial charge on any atom is -0.497 e. The van der Waals surface area contributed by atoms with Crippen LogP contribution in [0.25, 0.3) is 0 Å². The highest BCUT2D eigenvalue weighted by molar-refractivity contribution is 7.92. The fraction of sp³-hybridized carbons (Fsp3) is 0.533. The number of sulfonamides is 1. The largest absolute Gasteiger partial charge is 0.497 e. The summed E-state index contributed by atoms with van der Waals surface area (Å²) in [6.07, 6.45) is 1.87. The molecular formula is C15H24N2O4S. The fourth-order valence-electron chi connectivity index (χ4n) is 2.00. The second-order valence-corrected chi connectivity index (χ2v) is 7.11. The lowest BCUT2D eigenvalue weighted by Gasteiger charge is -2.29. The van der Waals surface area contributed by atoms with Crippen LogP contribution < -0.4 is 14.4 Å². The Morgan fingerprint density at radius 2 is 1.82 bits per heavy atom. The van der Waals surface area contributed by atoms with E-state index in [9.17, 15) is 13.2 Å². The van der Waals surface area contributed by atoms with Crippen LogP contribution in [-0.2, 0) is 14.8 Å². The Morgan fingerprint density at radius 1 is 1.27 bits per heavy atom. The van der Waals surface area contributed by atoms with Crippen LogP contribution in [0, 0.1) is 0 Å². The molecular weight excluding hydrogens is 304 g/mol. The number of carbonyl (C=O) groups is 1. The number of carbonyl (C=O) groups excluding carboxylic acids is 1. The SMILES string of the molecule is CCC(C)NC(=O)C(C)N(c1ccc(OC)cc1)S(C)(=O)=O. The second-order valence-electron chi connectivity index (χ2n) is 5.25. The lowest BCUT2D eigenvalue weighted by molar-refractivity contribution is -0.122. The van der Waals surface area contributed by atoms with Gasteiger partial charge in [0.2, 0.25) is 15.9 Å². The highest BCUT2D eigenvalue weighted by Gasteiger charge is 2.29. The van der Waals surface area contributed by atoms with Gasteiger partial charge in [0.15, 0.2) is 0 Å². The van der Waals surface area contributed by atoms with Gasteiger partial charge in [-0.1, -0.05) is 6.92 Å². The van der Waals surface area contributed by atoms with E-state index in [1.54, 1.807) is 31.2 Å². The number of amides is 1. The number of rotatable bonds is 7. The Bertz CT molecular complexity index is 598. The summed E-state index contributed by atoms with van der Waals surface area (Å²) in [5.41, 5.74) is 0.426. The number of methoxy groups -OCH3 is 1. The summed E-state index contributed by atoms with van der Waals surface area (Å²) in [7, 11) is -2.06. The van der Waals surface area contributed by atoms with Crippen LogP contribution in [0.4, 0.5) is 5.69 Å². The van der Waals surface area contributed by atoms with E-state index in [2.05, 4.69) is 5.32 Å². The second kappa shape index (κ2) is 7.49. The Morgan fingerprint density at radius 3 is 2.23 bits per heavy atom. The number of nitrogens with one attached hydrogen (secondary N) is 1. The smallest absolute Gasteiger partial charge is 0.243 e. The fourth-order valence-corrected chi connectivity index (χ4v) is 3.18. The first-order valence-electron chi connectivity index (χ1n) is 7.14. The number of ether oxygens (including phenoxy) is 1. The van der Waals surface area contributed by atoms with Crippen molar-refractivity contribution in [2.24, 2.45) is 0 Å². The standard InChI is InChI=1S/C15H24N2O4S/c1-6-11(2)16-15(18)12(3)17(22(5,19)20)13-7-9-14(21-4)10-8-13/h7-12H,6H2,1-5H3,(H,16,18). The first-order chi connectivity index (χ1) is 10.2. The summed E-state index contributed by atoms with van der Waals surface area (Å²) >= 11 is 0. The normalized spacial score (nSPS) is 14.0. The molecule has 0 bridgehead atoms. The maximum atomic E-state index is 12.3. The molecule has 2 atom stereocenters. The minimum absolute atomic E-state index is 0.00720. The molecule has 1 aromatic carbocycles. The molecule has 22 heavy (non-hydrogen) atoms. The minimum atomic E-state index is -3.59. The highest BCUT2D eigenvalue weighted by Crippen LogP contribution is 2.23. The summed E-state index contributed by atoms with van der Waals surface area (Å²) in [6, 6.07) is 5.71. The van der Waals surface area contributed by atoms with Crippen LogP contribution >= 0.6 is 0 Å². The summed E-state index contributed by atoms with van der Waals surface area (Å²) in [6.45, 7) is 5.40. The highest BCUT2D eigenvalue weighted by atomic mass is 32.2. The van der Waals surface area contributed by atoms with Crippen LogP contribution in [0.1, 0.15) is 27.2 Å². The van der Waals surface area contributed by atoms with Gasteiger partial charge in [0.1, 0.15) is 11.8 Å². The number of hydrogen-bond acceptors (Lipinski definition) is 4. The van der Waals surface area contributed by atoms with E-state index in [-0.39, 0.29) is 11.9 Å². The van der Waals surface area contributed by atoms with Crippen molar-refractivity contribution in [1.29, 1.82) is 0 Å². The van der Waals surface area contributed by atoms with Gasteiger partial charge >= 0.3 is 0 Å². The molecule has 1 N–H and O–H groups in total. The number of anilines is 1. The molecule has 6 nitrogen and oxygen atoms in total. The van der Waals surface area contributed by atoms with Gasteiger partial charge in [0.05, 0.1) is 19.1 Å². The van der Waals surface area contributed by atoms with Crippen molar-refractivity contribution < 1.29 is 17.9 Å². The average Bonchev–Trinajstić information content (AvgIpc) is 2.46. The molecule has 0 spiro atoms. The van der Waals surface area contributed by atoms with Crippen LogP contribution in [0.5, 0.6) is 5.75 Å². The topological polar surface area (TPSA) is 75.7 Å². The monoisotopic (exact) mass is 328 g/mol. The first kappa shape index (κ1) is 18.3. The molecule has 7 heteroatoms. The molecule has 0 aliphatic rings. The number of benzene rings is 1. The number of hydrogen-bond donors (Lipinski definition) is 1. The Balaban J connectivity index is 3.10.